The van der Waals surface area contributed by atoms with Crippen LogP contribution in [0.4, 0.5) is 10.1 Å². The molecule has 1 N–H and O–H groups in total. The predicted molar refractivity (Wildman–Crippen MR) is 111 cm³/mol. The van der Waals surface area contributed by atoms with Crippen molar-refractivity contribution in [2.75, 3.05) is 18.5 Å². The lowest BCUT2D eigenvalue weighted by atomic mass is 10.2. The minimum atomic E-state index is -0.481. The molecule has 2 aromatic carbocycles. The van der Waals surface area contributed by atoms with Gasteiger partial charge in [0.05, 0.1) is 34.7 Å². The summed E-state index contributed by atoms with van der Waals surface area (Å²) in [6.07, 6.45) is 1.98. The molecule has 4 rings (SSSR count). The molecular weight excluding hydrogens is 395 g/mol. The van der Waals surface area contributed by atoms with E-state index in [1.165, 1.54) is 23.1 Å². The summed E-state index contributed by atoms with van der Waals surface area (Å²) in [6, 6.07) is 11.4. The summed E-state index contributed by atoms with van der Waals surface area (Å²) in [5, 5.41) is 0.718. The summed E-state index contributed by atoms with van der Waals surface area (Å²) < 4.78 is 13.4. The fourth-order valence-electron chi connectivity index (χ4n) is 3.32. The lowest BCUT2D eigenvalue weighted by Crippen LogP contribution is -2.40. The lowest BCUT2D eigenvalue weighted by molar-refractivity contribution is -0.119. The molecule has 29 heavy (non-hydrogen) atoms. The molecule has 1 amide bonds. The van der Waals surface area contributed by atoms with Crippen LogP contribution >= 0.6 is 11.6 Å². The molecular formula is C21H20ClFN4O2. The first-order valence-electron chi connectivity index (χ1n) is 9.36. The highest BCUT2D eigenvalue weighted by atomic mass is 35.5. The van der Waals surface area contributed by atoms with Crippen LogP contribution in [0.2, 0.25) is 5.02 Å². The van der Waals surface area contributed by atoms with Gasteiger partial charge in [-0.1, -0.05) is 23.7 Å². The number of benzene rings is 2. The Morgan fingerprint density at radius 2 is 2.03 bits per heavy atom. The number of halogens is 2. The average molecular weight is 415 g/mol. The molecule has 1 aliphatic carbocycles. The number of aromatic amines is 1. The van der Waals surface area contributed by atoms with Gasteiger partial charge in [0.1, 0.15) is 11.6 Å². The highest BCUT2D eigenvalue weighted by Gasteiger charge is 2.32. The standard InChI is InChI=1S/C21H20ClFN4O2/c1-26(18-5-3-2-4-16(18)22)20(28)12-27(14-7-8-14)11-19-24-17-9-6-13(23)10-15(17)21(29)25-19/h2-6,9-10,14H,7-8,11-12H2,1H3,(H,24,25,29). The highest BCUT2D eigenvalue weighted by Crippen LogP contribution is 2.29. The smallest absolute Gasteiger partial charge is 0.258 e. The number of nitrogens with zero attached hydrogens (tertiary/aromatic N) is 3. The Kier molecular flexibility index (Phi) is 5.34. The maximum atomic E-state index is 13.4. The van der Waals surface area contributed by atoms with Crippen LogP contribution in [0.25, 0.3) is 10.9 Å². The number of carbonyl (C=O) groups is 1. The van der Waals surface area contributed by atoms with Gasteiger partial charge in [-0.05, 0) is 43.2 Å². The van der Waals surface area contributed by atoms with Gasteiger partial charge in [-0.25, -0.2) is 9.37 Å². The third-order valence-electron chi connectivity index (χ3n) is 5.06. The Balaban J connectivity index is 1.54. The molecule has 0 radical (unpaired) electrons. The summed E-state index contributed by atoms with van der Waals surface area (Å²) in [6.45, 7) is 0.507. The van der Waals surface area contributed by atoms with Gasteiger partial charge in [0.25, 0.3) is 5.56 Å². The van der Waals surface area contributed by atoms with Crippen molar-refractivity contribution in [3.63, 3.8) is 0 Å². The predicted octanol–water partition coefficient (Wildman–Crippen LogP) is 3.34. The van der Waals surface area contributed by atoms with Crippen molar-refractivity contribution in [1.82, 2.24) is 14.9 Å². The second kappa shape index (κ2) is 7.93. The third kappa shape index (κ3) is 4.31. The van der Waals surface area contributed by atoms with E-state index in [0.717, 1.165) is 12.8 Å². The Morgan fingerprint density at radius 3 is 2.76 bits per heavy atom. The van der Waals surface area contributed by atoms with Crippen molar-refractivity contribution in [1.29, 1.82) is 0 Å². The zero-order valence-electron chi connectivity index (χ0n) is 15.9. The number of amides is 1. The second-order valence-corrected chi connectivity index (χ2v) is 7.62. The van der Waals surface area contributed by atoms with Gasteiger partial charge in [-0.2, -0.15) is 0 Å². The number of fused-ring (bicyclic) bond motifs is 1. The normalized spacial score (nSPS) is 13.8. The molecule has 150 valence electrons. The van der Waals surface area contributed by atoms with E-state index < -0.39 is 5.82 Å². The van der Waals surface area contributed by atoms with Gasteiger partial charge in [-0.15, -0.1) is 0 Å². The van der Waals surface area contributed by atoms with Gasteiger partial charge in [-0.3, -0.25) is 14.5 Å². The van der Waals surface area contributed by atoms with E-state index in [4.69, 9.17) is 11.6 Å². The summed E-state index contributed by atoms with van der Waals surface area (Å²) >= 11 is 6.20. The molecule has 3 aromatic rings. The van der Waals surface area contributed by atoms with Crippen LogP contribution in [0.1, 0.15) is 18.7 Å². The zero-order valence-corrected chi connectivity index (χ0v) is 16.6. The van der Waals surface area contributed by atoms with E-state index in [0.29, 0.717) is 28.6 Å². The van der Waals surface area contributed by atoms with Gasteiger partial charge < -0.3 is 9.88 Å². The van der Waals surface area contributed by atoms with Gasteiger partial charge in [0, 0.05) is 13.1 Å². The van der Waals surface area contributed by atoms with Crippen LogP contribution in [0, 0.1) is 5.82 Å². The first-order valence-corrected chi connectivity index (χ1v) is 9.74. The summed E-state index contributed by atoms with van der Waals surface area (Å²) in [5.41, 5.74) is 0.689. The number of carbonyl (C=O) groups excluding carboxylic acids is 1. The average Bonchev–Trinajstić information content (AvgIpc) is 3.53. The highest BCUT2D eigenvalue weighted by molar-refractivity contribution is 6.33. The molecule has 0 atom stereocenters. The number of hydrogen-bond acceptors (Lipinski definition) is 4. The van der Waals surface area contributed by atoms with Crippen LogP contribution < -0.4 is 10.5 Å². The van der Waals surface area contributed by atoms with Gasteiger partial charge in [0.15, 0.2) is 0 Å². The maximum absolute atomic E-state index is 13.4. The first-order chi connectivity index (χ1) is 13.9. The SMILES string of the molecule is CN(C(=O)CN(Cc1nc2ccc(F)cc2c(=O)[nH]1)C1CC1)c1ccccc1Cl. The third-order valence-corrected chi connectivity index (χ3v) is 5.38. The molecule has 1 aliphatic rings. The van der Waals surface area contributed by atoms with E-state index in [1.54, 1.807) is 19.2 Å². The molecule has 0 saturated heterocycles. The molecule has 8 heteroatoms. The Bertz CT molecular complexity index is 1130. The van der Waals surface area contributed by atoms with Crippen molar-refractivity contribution in [3.05, 3.63) is 69.5 Å². The minimum Gasteiger partial charge on any atom is -0.313 e. The van der Waals surface area contributed by atoms with Crippen molar-refractivity contribution >= 4 is 34.1 Å². The molecule has 1 aromatic heterocycles. The van der Waals surface area contributed by atoms with Crippen LogP contribution in [0.5, 0.6) is 0 Å². The second-order valence-electron chi connectivity index (χ2n) is 7.21. The molecule has 0 unspecified atom stereocenters. The first kappa shape index (κ1) is 19.5. The van der Waals surface area contributed by atoms with Crippen molar-refractivity contribution in [2.45, 2.75) is 25.4 Å². The number of anilines is 1. The number of nitrogens with one attached hydrogen (secondary N) is 1. The maximum Gasteiger partial charge on any atom is 0.258 e. The van der Waals surface area contributed by atoms with E-state index >= 15 is 0 Å². The molecule has 0 bridgehead atoms. The minimum absolute atomic E-state index is 0.102. The van der Waals surface area contributed by atoms with Crippen molar-refractivity contribution < 1.29 is 9.18 Å². The number of hydrogen-bond donors (Lipinski definition) is 1. The summed E-state index contributed by atoms with van der Waals surface area (Å²) in [4.78, 5) is 35.8. The molecule has 0 aliphatic heterocycles. The zero-order chi connectivity index (χ0) is 20.5. The number of para-hydroxylation sites is 1. The van der Waals surface area contributed by atoms with E-state index in [2.05, 4.69) is 9.97 Å². The quantitative estimate of drug-likeness (QED) is 0.671. The Hall–Kier alpha value is -2.77. The van der Waals surface area contributed by atoms with Crippen molar-refractivity contribution in [2.24, 2.45) is 0 Å². The largest absolute Gasteiger partial charge is 0.313 e. The van der Waals surface area contributed by atoms with E-state index in [1.807, 2.05) is 17.0 Å². The Morgan fingerprint density at radius 1 is 1.28 bits per heavy atom. The van der Waals surface area contributed by atoms with Crippen LogP contribution in [0.15, 0.2) is 47.3 Å². The number of likely N-dealkylation sites (N-methyl/N-ethyl adjacent to an activating group) is 1. The molecule has 0 spiro atoms. The van der Waals surface area contributed by atoms with E-state index in [9.17, 15) is 14.0 Å². The fourth-order valence-corrected chi connectivity index (χ4v) is 3.58. The number of H-pyrrole nitrogens is 1. The van der Waals surface area contributed by atoms with Crippen LogP contribution in [0.3, 0.4) is 0 Å². The number of aromatic nitrogens is 2. The van der Waals surface area contributed by atoms with Crippen LogP contribution in [-0.2, 0) is 11.3 Å². The van der Waals surface area contributed by atoms with Crippen molar-refractivity contribution in [3.8, 4) is 0 Å². The monoisotopic (exact) mass is 414 g/mol. The lowest BCUT2D eigenvalue weighted by Gasteiger charge is -2.25. The van der Waals surface area contributed by atoms with Crippen LogP contribution in [-0.4, -0.2) is 40.4 Å². The topological polar surface area (TPSA) is 69.3 Å². The Labute approximate surface area is 171 Å². The fraction of sp³-hybridized carbons (Fsp3) is 0.286. The van der Waals surface area contributed by atoms with E-state index in [-0.39, 0.29) is 29.4 Å². The van der Waals surface area contributed by atoms with Gasteiger partial charge in [0.2, 0.25) is 5.91 Å². The molecule has 1 fully saturated rings. The van der Waals surface area contributed by atoms with Gasteiger partial charge >= 0.3 is 0 Å². The summed E-state index contributed by atoms with van der Waals surface area (Å²) in [5.74, 6) is -0.130. The molecule has 6 nitrogen and oxygen atoms in total. The number of rotatable bonds is 6. The molecule has 1 heterocycles. The molecule has 1 saturated carbocycles. The summed E-state index contributed by atoms with van der Waals surface area (Å²) in [7, 11) is 1.69.